The molecule has 0 aliphatic heterocycles. The fourth-order valence-electron chi connectivity index (χ4n) is 3.15. The molecule has 5 heteroatoms. The second-order valence-electron chi connectivity index (χ2n) is 6.26. The molecular formula is C23H18O5. The third-order valence-electron chi connectivity index (χ3n) is 4.63. The van der Waals surface area contributed by atoms with Crippen LogP contribution in [-0.4, -0.2) is 19.3 Å². The minimum Gasteiger partial charge on any atom is -0.502 e. The molecule has 4 rings (SSSR count). The number of aromatic hydroxyl groups is 1. The van der Waals surface area contributed by atoms with Crippen molar-refractivity contribution in [3.63, 3.8) is 0 Å². The third kappa shape index (κ3) is 2.97. The number of hydrogen-bond acceptors (Lipinski definition) is 5. The lowest BCUT2D eigenvalue weighted by molar-refractivity contribution is 0.355. The van der Waals surface area contributed by atoms with Crippen molar-refractivity contribution in [3.05, 3.63) is 77.0 Å². The first kappa shape index (κ1) is 17.7. The Bertz CT molecular complexity index is 1190. The van der Waals surface area contributed by atoms with Gasteiger partial charge in [0, 0.05) is 11.6 Å². The minimum absolute atomic E-state index is 0.115. The van der Waals surface area contributed by atoms with Crippen LogP contribution in [-0.2, 0) is 0 Å². The van der Waals surface area contributed by atoms with Crippen molar-refractivity contribution in [2.24, 2.45) is 0 Å². The molecule has 0 bridgehead atoms. The lowest BCUT2D eigenvalue weighted by Gasteiger charge is -2.11. The molecule has 0 unspecified atom stereocenters. The highest BCUT2D eigenvalue weighted by Crippen LogP contribution is 2.36. The van der Waals surface area contributed by atoms with Crippen LogP contribution in [0.15, 0.2) is 75.9 Å². The molecular weight excluding hydrogens is 356 g/mol. The van der Waals surface area contributed by atoms with Gasteiger partial charge < -0.3 is 19.0 Å². The number of hydrogen-bond donors (Lipinski definition) is 1. The number of fused-ring (bicyclic) bond motifs is 1. The highest BCUT2D eigenvalue weighted by Gasteiger charge is 2.18. The van der Waals surface area contributed by atoms with Crippen LogP contribution < -0.4 is 14.9 Å². The molecule has 0 aliphatic rings. The van der Waals surface area contributed by atoms with Gasteiger partial charge in [0.15, 0.2) is 17.3 Å². The Labute approximate surface area is 161 Å². The second-order valence-corrected chi connectivity index (χ2v) is 6.26. The van der Waals surface area contributed by atoms with Gasteiger partial charge >= 0.3 is 0 Å². The van der Waals surface area contributed by atoms with Gasteiger partial charge in [0.25, 0.3) is 0 Å². The van der Waals surface area contributed by atoms with E-state index in [0.29, 0.717) is 22.6 Å². The average Bonchev–Trinajstić information content (AvgIpc) is 2.76. The van der Waals surface area contributed by atoms with E-state index in [2.05, 4.69) is 0 Å². The number of benzene rings is 3. The van der Waals surface area contributed by atoms with Gasteiger partial charge in [-0.25, -0.2) is 0 Å². The number of ether oxygens (including phenoxy) is 2. The molecule has 28 heavy (non-hydrogen) atoms. The van der Waals surface area contributed by atoms with E-state index >= 15 is 0 Å². The molecule has 140 valence electrons. The van der Waals surface area contributed by atoms with E-state index < -0.39 is 11.2 Å². The Morgan fingerprint density at radius 3 is 2.00 bits per heavy atom. The largest absolute Gasteiger partial charge is 0.502 e. The Kier molecular flexibility index (Phi) is 4.49. The van der Waals surface area contributed by atoms with E-state index in [0.717, 1.165) is 11.1 Å². The van der Waals surface area contributed by atoms with Crippen LogP contribution in [0.1, 0.15) is 0 Å². The monoisotopic (exact) mass is 374 g/mol. The molecule has 1 N–H and O–H groups in total. The quantitative estimate of drug-likeness (QED) is 0.553. The predicted octanol–water partition coefficient (Wildman–Crippen LogP) is 4.85. The molecule has 5 nitrogen and oxygen atoms in total. The van der Waals surface area contributed by atoms with Gasteiger partial charge in [-0.1, -0.05) is 54.6 Å². The maximum absolute atomic E-state index is 12.7. The fraction of sp³-hybridized carbons (Fsp3) is 0.0870. The first-order chi connectivity index (χ1) is 13.6. The van der Waals surface area contributed by atoms with E-state index in [4.69, 9.17) is 13.9 Å². The Balaban J connectivity index is 1.84. The molecule has 1 aromatic heterocycles. The minimum atomic E-state index is -0.524. The van der Waals surface area contributed by atoms with E-state index in [1.54, 1.807) is 6.07 Å². The zero-order chi connectivity index (χ0) is 19.7. The van der Waals surface area contributed by atoms with E-state index in [-0.39, 0.29) is 11.1 Å². The molecule has 0 fully saturated rings. The number of rotatable bonds is 4. The fourth-order valence-corrected chi connectivity index (χ4v) is 3.15. The summed E-state index contributed by atoms with van der Waals surface area (Å²) < 4.78 is 16.4. The SMILES string of the molecule is COc1cc2oc(-c3ccc(-c4ccccc4)cc3)c(O)c(=O)c2cc1OC. The van der Waals surface area contributed by atoms with E-state index in [1.807, 2.05) is 54.6 Å². The van der Waals surface area contributed by atoms with Crippen LogP contribution >= 0.6 is 0 Å². The molecule has 0 spiro atoms. The first-order valence-corrected chi connectivity index (χ1v) is 8.70. The summed E-state index contributed by atoms with van der Waals surface area (Å²) in [6.07, 6.45) is 0. The van der Waals surface area contributed by atoms with Gasteiger partial charge in [0.05, 0.1) is 19.6 Å². The molecule has 0 amide bonds. The summed E-state index contributed by atoms with van der Waals surface area (Å²) in [6, 6.07) is 20.5. The smallest absolute Gasteiger partial charge is 0.235 e. The lowest BCUT2D eigenvalue weighted by Crippen LogP contribution is -2.03. The normalized spacial score (nSPS) is 10.8. The van der Waals surface area contributed by atoms with Crippen LogP contribution in [0.4, 0.5) is 0 Å². The molecule has 1 heterocycles. The highest BCUT2D eigenvalue weighted by atomic mass is 16.5. The van der Waals surface area contributed by atoms with Gasteiger partial charge in [0.1, 0.15) is 5.58 Å². The van der Waals surface area contributed by atoms with Gasteiger partial charge in [-0.15, -0.1) is 0 Å². The summed E-state index contributed by atoms with van der Waals surface area (Å²) in [5.41, 5.74) is 2.49. The predicted molar refractivity (Wildman–Crippen MR) is 108 cm³/mol. The van der Waals surface area contributed by atoms with Crippen molar-refractivity contribution in [3.8, 4) is 39.7 Å². The maximum Gasteiger partial charge on any atom is 0.235 e. The topological polar surface area (TPSA) is 68.9 Å². The molecule has 0 radical (unpaired) electrons. The molecule has 0 saturated heterocycles. The number of methoxy groups -OCH3 is 2. The van der Waals surface area contributed by atoms with Crippen molar-refractivity contribution >= 4 is 11.0 Å². The van der Waals surface area contributed by atoms with Crippen LogP contribution in [0.3, 0.4) is 0 Å². The van der Waals surface area contributed by atoms with E-state index in [9.17, 15) is 9.90 Å². The van der Waals surface area contributed by atoms with Gasteiger partial charge in [-0.2, -0.15) is 0 Å². The van der Waals surface area contributed by atoms with Gasteiger partial charge in [0.2, 0.25) is 11.2 Å². The first-order valence-electron chi connectivity index (χ1n) is 8.70. The van der Waals surface area contributed by atoms with Crippen LogP contribution in [0, 0.1) is 0 Å². The maximum atomic E-state index is 12.7. The van der Waals surface area contributed by atoms with Crippen molar-refractivity contribution < 1.29 is 19.0 Å². The molecule has 0 saturated carbocycles. The molecule has 3 aromatic carbocycles. The summed E-state index contributed by atoms with van der Waals surface area (Å²) in [7, 11) is 2.99. The van der Waals surface area contributed by atoms with Crippen LogP contribution in [0.5, 0.6) is 17.2 Å². The molecule has 4 aromatic rings. The standard InChI is InChI=1S/C23H18O5/c1-26-19-12-17-18(13-20(19)27-2)28-23(22(25)21(17)24)16-10-8-15(9-11-16)14-6-4-3-5-7-14/h3-13,25H,1-2H3. The summed E-state index contributed by atoms with van der Waals surface area (Å²) >= 11 is 0. The van der Waals surface area contributed by atoms with Crippen molar-refractivity contribution in [2.45, 2.75) is 0 Å². The van der Waals surface area contributed by atoms with Crippen molar-refractivity contribution in [1.29, 1.82) is 0 Å². The zero-order valence-corrected chi connectivity index (χ0v) is 15.4. The van der Waals surface area contributed by atoms with E-state index in [1.165, 1.54) is 20.3 Å². The van der Waals surface area contributed by atoms with Crippen molar-refractivity contribution in [1.82, 2.24) is 0 Å². The van der Waals surface area contributed by atoms with Crippen LogP contribution in [0.25, 0.3) is 33.4 Å². The van der Waals surface area contributed by atoms with Crippen LogP contribution in [0.2, 0.25) is 0 Å². The van der Waals surface area contributed by atoms with Crippen molar-refractivity contribution in [2.75, 3.05) is 14.2 Å². The second kappa shape index (κ2) is 7.12. The lowest BCUT2D eigenvalue weighted by atomic mass is 10.0. The highest BCUT2D eigenvalue weighted by molar-refractivity contribution is 5.85. The Morgan fingerprint density at radius 2 is 1.36 bits per heavy atom. The summed E-state index contributed by atoms with van der Waals surface area (Å²) in [5.74, 6) is 0.507. The molecule has 0 atom stereocenters. The average molecular weight is 374 g/mol. The summed E-state index contributed by atoms with van der Waals surface area (Å²) in [4.78, 5) is 12.7. The Hall–Kier alpha value is -3.73. The molecule has 0 aliphatic carbocycles. The third-order valence-corrected chi connectivity index (χ3v) is 4.63. The van der Waals surface area contributed by atoms with Gasteiger partial charge in [-0.3, -0.25) is 4.79 Å². The van der Waals surface area contributed by atoms with Gasteiger partial charge in [-0.05, 0) is 17.2 Å². The zero-order valence-electron chi connectivity index (χ0n) is 15.4. The summed E-state index contributed by atoms with van der Waals surface area (Å²) in [6.45, 7) is 0. The summed E-state index contributed by atoms with van der Waals surface area (Å²) in [5, 5.41) is 10.7. The Morgan fingerprint density at radius 1 is 0.786 bits per heavy atom.